The van der Waals surface area contributed by atoms with Gasteiger partial charge in [-0.15, -0.1) is 0 Å². The fourth-order valence-corrected chi connectivity index (χ4v) is 4.44. The molecule has 0 radical (unpaired) electrons. The van der Waals surface area contributed by atoms with Crippen LogP contribution in [0.2, 0.25) is 0 Å². The highest BCUT2D eigenvalue weighted by Crippen LogP contribution is 2.41. The number of nitrogens with zero attached hydrogens (tertiary/aromatic N) is 1. The first kappa shape index (κ1) is 19.2. The van der Waals surface area contributed by atoms with Gasteiger partial charge in [0.25, 0.3) is 5.24 Å². The van der Waals surface area contributed by atoms with Crippen molar-refractivity contribution in [2.45, 2.75) is 31.4 Å². The van der Waals surface area contributed by atoms with Gasteiger partial charge in [-0.3, -0.25) is 9.59 Å². The van der Waals surface area contributed by atoms with Crippen molar-refractivity contribution < 1.29 is 9.59 Å². The molecule has 2 atom stereocenters. The highest BCUT2D eigenvalue weighted by Gasteiger charge is 2.44. The lowest BCUT2D eigenvalue weighted by Crippen LogP contribution is -2.33. The Kier molecular flexibility index (Phi) is 5.66. The zero-order valence-electron chi connectivity index (χ0n) is 15.6. The van der Waals surface area contributed by atoms with Gasteiger partial charge < -0.3 is 0 Å². The number of rotatable bonds is 6. The molecule has 138 valence electrons. The Bertz CT molecular complexity index is 901. The second-order valence-corrected chi connectivity index (χ2v) is 7.64. The van der Waals surface area contributed by atoms with E-state index in [1.165, 1.54) is 10.5 Å². The minimum atomic E-state index is -0.435. The molecule has 1 fully saturated rings. The molecule has 27 heavy (non-hydrogen) atoms. The Labute approximate surface area is 164 Å². The lowest BCUT2D eigenvalue weighted by Gasteiger charge is -2.20. The molecule has 0 spiro atoms. The standard InChI is InChI=1S/C23H23NO2S/c1-5-16-11-13-18(14-12-16)15(4)21-22(25)24(23(26)27-21)20-10-8-9-17(6-2)19(20)7-3/h6-15,21H,2-3,5H2,1,4H3. The van der Waals surface area contributed by atoms with Gasteiger partial charge >= 0.3 is 0 Å². The summed E-state index contributed by atoms with van der Waals surface area (Å²) in [6.45, 7) is 11.7. The third-order valence-corrected chi connectivity index (χ3v) is 6.27. The summed E-state index contributed by atoms with van der Waals surface area (Å²) >= 11 is 1.10. The molecule has 0 N–H and O–H groups in total. The lowest BCUT2D eigenvalue weighted by molar-refractivity contribution is -0.117. The van der Waals surface area contributed by atoms with E-state index in [9.17, 15) is 9.59 Å². The smallest absolute Gasteiger partial charge is 0.273 e. The van der Waals surface area contributed by atoms with Crippen molar-refractivity contribution in [3.8, 4) is 0 Å². The van der Waals surface area contributed by atoms with Gasteiger partial charge in [-0.25, -0.2) is 4.90 Å². The van der Waals surface area contributed by atoms with Crippen molar-refractivity contribution in [3.63, 3.8) is 0 Å². The van der Waals surface area contributed by atoms with Gasteiger partial charge in [-0.05, 0) is 40.9 Å². The maximum Gasteiger partial charge on any atom is 0.293 e. The first-order chi connectivity index (χ1) is 13.0. The van der Waals surface area contributed by atoms with Gasteiger partial charge in [0.05, 0.1) is 5.69 Å². The summed E-state index contributed by atoms with van der Waals surface area (Å²) in [6, 6.07) is 13.8. The molecule has 2 aromatic rings. The maximum absolute atomic E-state index is 13.1. The summed E-state index contributed by atoms with van der Waals surface area (Å²) in [5, 5.41) is -0.679. The minimum absolute atomic E-state index is 0.0582. The van der Waals surface area contributed by atoms with E-state index in [4.69, 9.17) is 0 Å². The van der Waals surface area contributed by atoms with Crippen LogP contribution >= 0.6 is 11.8 Å². The van der Waals surface area contributed by atoms with Crippen molar-refractivity contribution >= 4 is 40.7 Å². The van der Waals surface area contributed by atoms with Gasteiger partial charge in [-0.2, -0.15) is 0 Å². The maximum atomic E-state index is 13.1. The van der Waals surface area contributed by atoms with Crippen LogP contribution in [0.4, 0.5) is 10.5 Å². The lowest BCUT2D eigenvalue weighted by atomic mass is 9.95. The normalized spacial score (nSPS) is 17.9. The summed E-state index contributed by atoms with van der Waals surface area (Å²) in [7, 11) is 0. The Balaban J connectivity index is 1.93. The van der Waals surface area contributed by atoms with E-state index in [1.54, 1.807) is 18.2 Å². The van der Waals surface area contributed by atoms with Crippen LogP contribution in [0.5, 0.6) is 0 Å². The molecule has 2 amide bonds. The van der Waals surface area contributed by atoms with Crippen molar-refractivity contribution in [1.29, 1.82) is 0 Å². The average Bonchev–Trinajstić information content (AvgIpc) is 3.00. The highest BCUT2D eigenvalue weighted by atomic mass is 32.2. The molecular weight excluding hydrogens is 354 g/mol. The van der Waals surface area contributed by atoms with Crippen molar-refractivity contribution in [1.82, 2.24) is 0 Å². The Morgan fingerprint density at radius 2 is 1.81 bits per heavy atom. The summed E-state index contributed by atoms with van der Waals surface area (Å²) in [4.78, 5) is 27.1. The van der Waals surface area contributed by atoms with Crippen LogP contribution in [0.15, 0.2) is 55.6 Å². The predicted octanol–water partition coefficient (Wildman–Crippen LogP) is 5.91. The van der Waals surface area contributed by atoms with E-state index in [1.807, 2.05) is 19.1 Å². The highest BCUT2D eigenvalue weighted by molar-refractivity contribution is 8.15. The van der Waals surface area contributed by atoms with Crippen LogP contribution in [-0.2, 0) is 11.2 Å². The van der Waals surface area contributed by atoms with E-state index in [-0.39, 0.29) is 17.1 Å². The molecule has 2 unspecified atom stereocenters. The molecule has 1 aliphatic heterocycles. The summed E-state index contributed by atoms with van der Waals surface area (Å²) < 4.78 is 0. The van der Waals surface area contributed by atoms with Crippen molar-refractivity contribution in [2.24, 2.45) is 0 Å². The molecule has 0 bridgehead atoms. The number of benzene rings is 2. The van der Waals surface area contributed by atoms with Gasteiger partial charge in [0.2, 0.25) is 5.91 Å². The number of anilines is 1. The average molecular weight is 378 g/mol. The number of thioether (sulfide) groups is 1. The summed E-state index contributed by atoms with van der Waals surface area (Å²) in [5.41, 5.74) is 4.48. The van der Waals surface area contributed by atoms with Gasteiger partial charge in [0, 0.05) is 11.5 Å². The number of carbonyl (C=O) groups is 2. The number of aryl methyl sites for hydroxylation is 1. The number of imide groups is 1. The molecular formula is C23H23NO2S. The summed E-state index contributed by atoms with van der Waals surface area (Å²) in [6.07, 6.45) is 4.34. The molecule has 3 rings (SSSR count). The largest absolute Gasteiger partial charge is 0.293 e. The first-order valence-electron chi connectivity index (χ1n) is 9.03. The van der Waals surface area contributed by atoms with Crippen LogP contribution in [0.25, 0.3) is 12.2 Å². The predicted molar refractivity (Wildman–Crippen MR) is 115 cm³/mol. The van der Waals surface area contributed by atoms with Gasteiger partial charge in [0.15, 0.2) is 0 Å². The number of carbonyl (C=O) groups excluding carboxylic acids is 2. The topological polar surface area (TPSA) is 37.4 Å². The molecule has 1 aliphatic rings. The van der Waals surface area contributed by atoms with E-state index < -0.39 is 5.25 Å². The number of hydrogen-bond donors (Lipinski definition) is 0. The minimum Gasteiger partial charge on any atom is -0.273 e. The summed E-state index contributed by atoms with van der Waals surface area (Å²) in [5.74, 6) is -0.237. The fourth-order valence-electron chi connectivity index (χ4n) is 3.36. The van der Waals surface area contributed by atoms with E-state index in [0.29, 0.717) is 5.69 Å². The van der Waals surface area contributed by atoms with Crippen LogP contribution < -0.4 is 4.90 Å². The van der Waals surface area contributed by atoms with Crippen LogP contribution in [0.3, 0.4) is 0 Å². The van der Waals surface area contributed by atoms with Crippen molar-refractivity contribution in [2.75, 3.05) is 4.90 Å². The molecule has 1 heterocycles. The van der Waals surface area contributed by atoms with E-state index >= 15 is 0 Å². The zero-order chi connectivity index (χ0) is 19.6. The SMILES string of the molecule is C=Cc1cccc(N2C(=O)SC(C(C)c3ccc(CC)cc3)C2=O)c1C=C. The van der Waals surface area contributed by atoms with Crippen LogP contribution in [0.1, 0.15) is 42.0 Å². The second-order valence-electron chi connectivity index (χ2n) is 6.55. The third-order valence-electron chi connectivity index (χ3n) is 5.02. The molecule has 0 aromatic heterocycles. The second kappa shape index (κ2) is 7.97. The molecule has 2 aromatic carbocycles. The Morgan fingerprint density at radius 1 is 1.11 bits per heavy atom. The fraction of sp³-hybridized carbons (Fsp3) is 0.217. The van der Waals surface area contributed by atoms with E-state index in [0.717, 1.165) is 34.9 Å². The third kappa shape index (κ3) is 3.50. The quantitative estimate of drug-likeness (QED) is 0.628. The van der Waals surface area contributed by atoms with Gasteiger partial charge in [-0.1, -0.05) is 75.6 Å². The molecule has 4 heteroatoms. The molecule has 1 saturated heterocycles. The van der Waals surface area contributed by atoms with Crippen molar-refractivity contribution in [3.05, 3.63) is 77.9 Å². The number of amides is 2. The molecule has 0 saturated carbocycles. The Hall–Kier alpha value is -2.59. The van der Waals surface area contributed by atoms with E-state index in [2.05, 4.69) is 44.3 Å². The van der Waals surface area contributed by atoms with Crippen LogP contribution in [0, 0.1) is 0 Å². The Morgan fingerprint density at radius 3 is 2.41 bits per heavy atom. The molecule has 0 aliphatic carbocycles. The molecule has 3 nitrogen and oxygen atoms in total. The monoisotopic (exact) mass is 377 g/mol. The van der Waals surface area contributed by atoms with Crippen LogP contribution in [-0.4, -0.2) is 16.4 Å². The first-order valence-corrected chi connectivity index (χ1v) is 9.91. The zero-order valence-corrected chi connectivity index (χ0v) is 16.5. The number of hydrogen-bond acceptors (Lipinski definition) is 3. The van der Waals surface area contributed by atoms with Gasteiger partial charge in [0.1, 0.15) is 5.25 Å².